The summed E-state index contributed by atoms with van der Waals surface area (Å²) in [5.41, 5.74) is 3.89. The lowest BCUT2D eigenvalue weighted by molar-refractivity contribution is -0.137. The highest BCUT2D eigenvalue weighted by Crippen LogP contribution is 2.30. The monoisotopic (exact) mass is 664 g/mol. The molecular weight excluding hydrogens is 633 g/mol. The Labute approximate surface area is 275 Å². The third-order valence-corrected chi connectivity index (χ3v) is 7.89. The van der Waals surface area contributed by atoms with E-state index < -0.39 is 17.8 Å². The molecule has 3 amide bonds. The quantitative estimate of drug-likeness (QED) is 0.182. The van der Waals surface area contributed by atoms with Crippen LogP contribution in [0.2, 0.25) is 0 Å². The maximum absolute atomic E-state index is 12.8. The lowest BCUT2D eigenvalue weighted by Crippen LogP contribution is -2.35. The van der Waals surface area contributed by atoms with Crippen LogP contribution in [-0.4, -0.2) is 52.1 Å². The lowest BCUT2D eigenvalue weighted by Gasteiger charge is -2.23. The first-order valence-electron chi connectivity index (χ1n) is 14.8. The molecule has 4 heterocycles. The van der Waals surface area contributed by atoms with Gasteiger partial charge in [0, 0.05) is 54.9 Å². The largest absolute Gasteiger partial charge is 0.416 e. The summed E-state index contributed by atoms with van der Waals surface area (Å²) in [6.45, 7) is 2.39. The molecule has 2 aromatic heterocycles. The third kappa shape index (κ3) is 7.85. The molecule has 5 N–H and O–H groups in total. The minimum atomic E-state index is -4.46. The Kier molecular flexibility index (Phi) is 10.0. The van der Waals surface area contributed by atoms with Crippen LogP contribution in [0.1, 0.15) is 45.6 Å². The molecule has 47 heavy (non-hydrogen) atoms. The molecule has 0 radical (unpaired) electrons. The van der Waals surface area contributed by atoms with E-state index in [1.165, 1.54) is 12.1 Å². The second kappa shape index (κ2) is 14.1. The SMILES string of the molecule is Cl.Cn1c(-c2nc(NC3CCNCC3)ncc2C#Cc2cccc(NC(=O)Nc3ccc(C(F)(F)F)cc3)c2)cc2c1CCNC2=O. The highest BCUT2D eigenvalue weighted by atomic mass is 35.5. The van der Waals surface area contributed by atoms with Crippen molar-refractivity contribution in [2.45, 2.75) is 31.5 Å². The average Bonchev–Trinajstić information content (AvgIpc) is 3.38. The van der Waals surface area contributed by atoms with Gasteiger partial charge in [0.2, 0.25) is 5.95 Å². The van der Waals surface area contributed by atoms with Crippen molar-refractivity contribution in [3.63, 3.8) is 0 Å². The van der Waals surface area contributed by atoms with Gasteiger partial charge in [0.1, 0.15) is 5.69 Å². The van der Waals surface area contributed by atoms with E-state index in [1.807, 2.05) is 17.7 Å². The number of carbonyl (C=O) groups excluding carboxylic acids is 2. The predicted octanol–water partition coefficient (Wildman–Crippen LogP) is 5.42. The molecule has 14 heteroatoms. The van der Waals surface area contributed by atoms with E-state index in [-0.39, 0.29) is 30.0 Å². The number of hydrogen-bond donors (Lipinski definition) is 5. The Morgan fingerprint density at radius 3 is 2.47 bits per heavy atom. The molecule has 0 spiro atoms. The van der Waals surface area contributed by atoms with Gasteiger partial charge >= 0.3 is 12.2 Å². The van der Waals surface area contributed by atoms with Crippen LogP contribution in [0.15, 0.2) is 60.8 Å². The molecule has 10 nitrogen and oxygen atoms in total. The number of aromatic nitrogens is 3. The van der Waals surface area contributed by atoms with Crippen LogP contribution in [-0.2, 0) is 19.6 Å². The van der Waals surface area contributed by atoms with Gasteiger partial charge in [-0.3, -0.25) is 4.79 Å². The van der Waals surface area contributed by atoms with Crippen LogP contribution >= 0.6 is 12.4 Å². The molecule has 0 atom stereocenters. The van der Waals surface area contributed by atoms with Crippen molar-refractivity contribution in [3.05, 3.63) is 88.7 Å². The molecule has 2 aromatic carbocycles. The van der Waals surface area contributed by atoms with Crippen LogP contribution in [0.25, 0.3) is 11.4 Å². The highest BCUT2D eigenvalue weighted by Gasteiger charge is 2.30. The molecule has 0 unspecified atom stereocenters. The molecule has 244 valence electrons. The van der Waals surface area contributed by atoms with Gasteiger partial charge in [-0.15, -0.1) is 12.4 Å². The van der Waals surface area contributed by atoms with Crippen molar-refractivity contribution in [2.75, 3.05) is 35.6 Å². The Balaban J connectivity index is 0.00000433. The lowest BCUT2D eigenvalue weighted by atomic mass is 10.1. The molecule has 2 aliphatic rings. The molecule has 1 saturated heterocycles. The summed E-state index contributed by atoms with van der Waals surface area (Å²) in [5, 5.41) is 14.9. The highest BCUT2D eigenvalue weighted by molar-refractivity contribution is 6.00. The minimum absolute atomic E-state index is 0. The zero-order chi connectivity index (χ0) is 32.3. The fourth-order valence-corrected chi connectivity index (χ4v) is 5.50. The molecule has 1 fully saturated rings. The summed E-state index contributed by atoms with van der Waals surface area (Å²) < 4.78 is 40.5. The van der Waals surface area contributed by atoms with Gasteiger partial charge in [-0.2, -0.15) is 13.2 Å². The number of rotatable bonds is 5. The number of carbonyl (C=O) groups is 2. The van der Waals surface area contributed by atoms with Crippen LogP contribution in [0.4, 0.5) is 35.3 Å². The molecule has 6 rings (SSSR count). The molecule has 0 bridgehead atoms. The second-order valence-electron chi connectivity index (χ2n) is 11.1. The van der Waals surface area contributed by atoms with E-state index in [9.17, 15) is 22.8 Å². The van der Waals surface area contributed by atoms with E-state index >= 15 is 0 Å². The zero-order valence-electron chi connectivity index (χ0n) is 25.3. The van der Waals surface area contributed by atoms with E-state index in [4.69, 9.17) is 4.98 Å². The Morgan fingerprint density at radius 2 is 1.74 bits per heavy atom. The molecular formula is C33H32ClF3N8O2. The number of fused-ring (bicyclic) bond motifs is 1. The number of alkyl halides is 3. The number of piperidine rings is 1. The van der Waals surface area contributed by atoms with Gasteiger partial charge in [-0.25, -0.2) is 14.8 Å². The third-order valence-electron chi connectivity index (χ3n) is 7.89. The predicted molar refractivity (Wildman–Crippen MR) is 176 cm³/mol. The summed E-state index contributed by atoms with van der Waals surface area (Å²) in [7, 11) is 1.91. The van der Waals surface area contributed by atoms with Crippen LogP contribution < -0.4 is 26.6 Å². The van der Waals surface area contributed by atoms with E-state index in [0.29, 0.717) is 47.0 Å². The summed E-state index contributed by atoms with van der Waals surface area (Å²) in [4.78, 5) is 34.5. The van der Waals surface area contributed by atoms with Crippen LogP contribution in [0.5, 0.6) is 0 Å². The number of urea groups is 1. The minimum Gasteiger partial charge on any atom is -0.352 e. The van der Waals surface area contributed by atoms with Gasteiger partial charge in [-0.1, -0.05) is 17.9 Å². The first-order chi connectivity index (χ1) is 22.1. The van der Waals surface area contributed by atoms with Crippen LogP contribution in [0.3, 0.4) is 0 Å². The Bertz CT molecular complexity index is 1840. The summed E-state index contributed by atoms with van der Waals surface area (Å²) in [6, 6.07) is 12.5. The van der Waals surface area contributed by atoms with Gasteiger partial charge < -0.3 is 31.2 Å². The van der Waals surface area contributed by atoms with Crippen molar-refractivity contribution in [2.24, 2.45) is 7.05 Å². The number of nitrogens with zero attached hydrogens (tertiary/aromatic N) is 3. The number of anilines is 3. The molecule has 2 aliphatic heterocycles. The first kappa shape index (κ1) is 33.3. The van der Waals surface area contributed by atoms with Crippen molar-refractivity contribution < 1.29 is 22.8 Å². The average molecular weight is 665 g/mol. The van der Waals surface area contributed by atoms with Gasteiger partial charge in [0.05, 0.1) is 22.4 Å². The normalized spacial score (nSPS) is 14.5. The number of hydrogen-bond acceptors (Lipinski definition) is 6. The Hall–Kier alpha value is -5.06. The van der Waals surface area contributed by atoms with Gasteiger partial charge in [-0.05, 0) is 74.5 Å². The number of nitrogens with one attached hydrogen (secondary N) is 5. The molecule has 0 saturated carbocycles. The number of amides is 3. The fourth-order valence-electron chi connectivity index (χ4n) is 5.50. The van der Waals surface area contributed by atoms with E-state index in [1.54, 1.807) is 30.5 Å². The topological polar surface area (TPSA) is 125 Å². The first-order valence-corrected chi connectivity index (χ1v) is 14.8. The van der Waals surface area contributed by atoms with Crippen molar-refractivity contribution >= 4 is 41.7 Å². The smallest absolute Gasteiger partial charge is 0.352 e. The van der Waals surface area contributed by atoms with Crippen LogP contribution in [0, 0.1) is 11.8 Å². The number of benzene rings is 2. The second-order valence-corrected chi connectivity index (χ2v) is 11.1. The zero-order valence-corrected chi connectivity index (χ0v) is 26.1. The molecule has 4 aromatic rings. The summed E-state index contributed by atoms with van der Waals surface area (Å²) in [6.07, 6.45) is -0.185. The van der Waals surface area contributed by atoms with Crippen molar-refractivity contribution in [1.82, 2.24) is 25.2 Å². The summed E-state index contributed by atoms with van der Waals surface area (Å²) in [5.74, 6) is 6.66. The maximum Gasteiger partial charge on any atom is 0.416 e. The van der Waals surface area contributed by atoms with E-state index in [0.717, 1.165) is 49.5 Å². The van der Waals surface area contributed by atoms with Crippen molar-refractivity contribution in [1.29, 1.82) is 0 Å². The molecule has 0 aliphatic carbocycles. The standard InChI is InChI=1S/C33H31F3N8O2.ClH/c1-44-27-13-16-38-30(45)26(27)18-28(44)29-21(19-39-31(43-29)40-24-11-14-37-15-12-24)6-5-20-3-2-4-25(17-20)42-32(46)41-23-9-7-22(8-10-23)33(34,35)36;/h2-4,7-10,17-19,24,37H,11-16H2,1H3,(H,38,45)(H,39,40,43)(H2,41,42,46);1H. The number of halogens is 4. The Morgan fingerprint density at radius 1 is 1.00 bits per heavy atom. The van der Waals surface area contributed by atoms with Gasteiger partial charge in [0.25, 0.3) is 5.91 Å². The van der Waals surface area contributed by atoms with E-state index in [2.05, 4.69) is 43.4 Å². The fraction of sp³-hybridized carbons (Fsp3) is 0.273. The maximum atomic E-state index is 12.8. The van der Waals surface area contributed by atoms with Gasteiger partial charge in [0.15, 0.2) is 0 Å². The summed E-state index contributed by atoms with van der Waals surface area (Å²) >= 11 is 0. The van der Waals surface area contributed by atoms with Crippen molar-refractivity contribution in [3.8, 4) is 23.2 Å².